The Kier molecular flexibility index (Phi) is 3.46. The first kappa shape index (κ1) is 14.7. The van der Waals surface area contributed by atoms with E-state index in [1.807, 2.05) is 24.3 Å². The molecule has 0 aliphatic heterocycles. The number of methoxy groups -OCH3 is 1. The van der Waals surface area contributed by atoms with E-state index in [1.54, 1.807) is 0 Å². The molecule has 24 heavy (non-hydrogen) atoms. The molecule has 0 unspecified atom stereocenters. The third-order valence-corrected chi connectivity index (χ3v) is 4.75. The summed E-state index contributed by atoms with van der Waals surface area (Å²) in [6.45, 7) is 2.15. The Hall–Kier alpha value is -2.87. The van der Waals surface area contributed by atoms with Gasteiger partial charge in [-0.1, -0.05) is 60.2 Å². The lowest BCUT2D eigenvalue weighted by atomic mass is 9.89. The topological polar surface area (TPSA) is 26.3 Å². The summed E-state index contributed by atoms with van der Waals surface area (Å²) < 4.78 is 5.05. The fourth-order valence-electron chi connectivity index (χ4n) is 3.69. The van der Waals surface area contributed by atoms with Gasteiger partial charge in [0, 0.05) is 5.56 Å². The van der Waals surface area contributed by atoms with Crippen molar-refractivity contribution in [1.82, 2.24) is 0 Å². The van der Waals surface area contributed by atoms with Crippen LogP contribution in [-0.4, -0.2) is 13.1 Å². The Bertz CT molecular complexity index is 996. The van der Waals surface area contributed by atoms with Crippen molar-refractivity contribution in [2.75, 3.05) is 7.11 Å². The van der Waals surface area contributed by atoms with Gasteiger partial charge < -0.3 is 4.74 Å². The number of fused-ring (bicyclic) bond motifs is 2. The van der Waals surface area contributed by atoms with Crippen LogP contribution in [0.4, 0.5) is 0 Å². The summed E-state index contributed by atoms with van der Waals surface area (Å²) in [5.41, 5.74) is 6.61. The first-order chi connectivity index (χ1) is 11.7. The molecule has 0 amide bonds. The zero-order chi connectivity index (χ0) is 16.7. The average Bonchev–Trinajstić information content (AvgIpc) is 2.95. The summed E-state index contributed by atoms with van der Waals surface area (Å²) in [5.74, 6) is -0.291. The highest BCUT2D eigenvalue weighted by Gasteiger charge is 2.25. The van der Waals surface area contributed by atoms with Crippen LogP contribution >= 0.6 is 0 Å². The number of rotatable bonds is 2. The molecule has 1 aliphatic rings. The number of allylic oxidation sites excluding steroid dienone is 1. The second kappa shape index (κ2) is 5.64. The minimum Gasteiger partial charge on any atom is -0.465 e. The predicted octanol–water partition coefficient (Wildman–Crippen LogP) is 5.00. The van der Waals surface area contributed by atoms with E-state index in [9.17, 15) is 4.79 Å². The van der Waals surface area contributed by atoms with Crippen LogP contribution in [0.25, 0.3) is 16.3 Å². The van der Waals surface area contributed by atoms with Gasteiger partial charge in [-0.15, -0.1) is 0 Å². The second-order valence-corrected chi connectivity index (χ2v) is 6.19. The Balaban J connectivity index is 2.09. The van der Waals surface area contributed by atoms with Gasteiger partial charge in [-0.2, -0.15) is 0 Å². The highest BCUT2D eigenvalue weighted by atomic mass is 16.5. The van der Waals surface area contributed by atoms with E-state index in [-0.39, 0.29) is 5.97 Å². The molecule has 0 atom stereocenters. The third-order valence-electron chi connectivity index (χ3n) is 4.75. The molecule has 0 bridgehead atoms. The molecule has 3 aromatic carbocycles. The molecule has 3 aromatic rings. The highest BCUT2D eigenvalue weighted by molar-refractivity contribution is 6.08. The van der Waals surface area contributed by atoms with Crippen molar-refractivity contribution in [3.05, 3.63) is 88.5 Å². The SMILES string of the molecule is COC(=O)c1ccc2ccccc2c1C1=C(C)Cc2ccccc21. The molecule has 0 saturated heterocycles. The van der Waals surface area contributed by atoms with Gasteiger partial charge >= 0.3 is 5.97 Å². The smallest absolute Gasteiger partial charge is 0.338 e. The number of esters is 1. The molecule has 0 radical (unpaired) electrons. The summed E-state index contributed by atoms with van der Waals surface area (Å²) >= 11 is 0. The van der Waals surface area contributed by atoms with Crippen molar-refractivity contribution in [3.63, 3.8) is 0 Å². The van der Waals surface area contributed by atoms with Gasteiger partial charge in [0.15, 0.2) is 0 Å². The molecule has 0 heterocycles. The van der Waals surface area contributed by atoms with Crippen molar-refractivity contribution in [3.8, 4) is 0 Å². The zero-order valence-corrected chi connectivity index (χ0v) is 13.8. The lowest BCUT2D eigenvalue weighted by Crippen LogP contribution is -2.06. The van der Waals surface area contributed by atoms with Gasteiger partial charge in [0.2, 0.25) is 0 Å². The molecule has 0 spiro atoms. The molecular formula is C22H18O2. The molecule has 2 heteroatoms. The molecule has 4 rings (SSSR count). The Morgan fingerprint density at radius 3 is 2.54 bits per heavy atom. The van der Waals surface area contributed by atoms with Crippen LogP contribution in [0, 0.1) is 0 Å². The average molecular weight is 314 g/mol. The minimum absolute atomic E-state index is 0.291. The Morgan fingerprint density at radius 2 is 1.71 bits per heavy atom. The van der Waals surface area contributed by atoms with Crippen molar-refractivity contribution >= 4 is 22.3 Å². The largest absolute Gasteiger partial charge is 0.465 e. The number of carbonyl (C=O) groups excluding carboxylic acids is 1. The van der Waals surface area contributed by atoms with Gasteiger partial charge in [0.1, 0.15) is 0 Å². The van der Waals surface area contributed by atoms with Crippen molar-refractivity contribution in [2.24, 2.45) is 0 Å². The van der Waals surface area contributed by atoms with E-state index in [0.717, 1.165) is 22.8 Å². The number of hydrogen-bond acceptors (Lipinski definition) is 2. The number of hydrogen-bond donors (Lipinski definition) is 0. The minimum atomic E-state index is -0.291. The van der Waals surface area contributed by atoms with Gasteiger partial charge in [-0.05, 0) is 46.9 Å². The number of benzene rings is 3. The van der Waals surface area contributed by atoms with Crippen molar-refractivity contribution < 1.29 is 9.53 Å². The summed E-state index contributed by atoms with van der Waals surface area (Å²) in [5, 5.41) is 2.22. The van der Waals surface area contributed by atoms with Crippen LogP contribution in [0.2, 0.25) is 0 Å². The Morgan fingerprint density at radius 1 is 0.958 bits per heavy atom. The molecule has 0 aromatic heterocycles. The summed E-state index contributed by atoms with van der Waals surface area (Å²) in [4.78, 5) is 12.4. The van der Waals surface area contributed by atoms with Gasteiger partial charge in [-0.25, -0.2) is 4.79 Å². The van der Waals surface area contributed by atoms with E-state index in [0.29, 0.717) is 5.56 Å². The zero-order valence-electron chi connectivity index (χ0n) is 13.8. The maximum Gasteiger partial charge on any atom is 0.338 e. The molecule has 1 aliphatic carbocycles. The number of carbonyl (C=O) groups is 1. The lowest BCUT2D eigenvalue weighted by Gasteiger charge is -2.15. The molecule has 0 saturated carbocycles. The van der Waals surface area contributed by atoms with Crippen LogP contribution < -0.4 is 0 Å². The van der Waals surface area contributed by atoms with Gasteiger partial charge in [-0.3, -0.25) is 0 Å². The monoisotopic (exact) mass is 314 g/mol. The van der Waals surface area contributed by atoms with Crippen molar-refractivity contribution in [1.29, 1.82) is 0 Å². The summed E-state index contributed by atoms with van der Waals surface area (Å²) in [6, 6.07) is 20.5. The van der Waals surface area contributed by atoms with Crippen LogP contribution in [0.3, 0.4) is 0 Å². The van der Waals surface area contributed by atoms with E-state index < -0.39 is 0 Å². The van der Waals surface area contributed by atoms with Gasteiger partial charge in [0.05, 0.1) is 12.7 Å². The summed E-state index contributed by atoms with van der Waals surface area (Å²) in [6.07, 6.45) is 0.926. The molecular weight excluding hydrogens is 296 g/mol. The van der Waals surface area contributed by atoms with Crippen molar-refractivity contribution in [2.45, 2.75) is 13.3 Å². The Labute approximate surface area is 141 Å². The molecule has 118 valence electrons. The first-order valence-corrected chi connectivity index (χ1v) is 8.09. The highest BCUT2D eigenvalue weighted by Crippen LogP contribution is 2.41. The van der Waals surface area contributed by atoms with Crippen LogP contribution in [-0.2, 0) is 11.2 Å². The number of ether oxygens (including phenoxy) is 1. The standard InChI is InChI=1S/C22H18O2/c1-14-13-16-8-4-6-10-18(16)20(14)21-17-9-5-3-7-15(17)11-12-19(21)22(23)24-2/h3-12H,13H2,1-2H3. The predicted molar refractivity (Wildman–Crippen MR) is 97.1 cm³/mol. The van der Waals surface area contributed by atoms with E-state index in [1.165, 1.54) is 29.4 Å². The van der Waals surface area contributed by atoms with Crippen LogP contribution in [0.1, 0.15) is 34.0 Å². The maximum atomic E-state index is 12.4. The molecule has 2 nitrogen and oxygen atoms in total. The third kappa shape index (κ3) is 2.15. The van der Waals surface area contributed by atoms with Crippen LogP contribution in [0.15, 0.2) is 66.2 Å². The second-order valence-electron chi connectivity index (χ2n) is 6.19. The van der Waals surface area contributed by atoms with Crippen LogP contribution in [0.5, 0.6) is 0 Å². The van der Waals surface area contributed by atoms with E-state index in [2.05, 4.69) is 43.3 Å². The van der Waals surface area contributed by atoms with Gasteiger partial charge in [0.25, 0.3) is 0 Å². The quantitative estimate of drug-likeness (QED) is 0.622. The summed E-state index contributed by atoms with van der Waals surface area (Å²) in [7, 11) is 1.44. The van der Waals surface area contributed by atoms with E-state index in [4.69, 9.17) is 4.74 Å². The van der Waals surface area contributed by atoms with E-state index >= 15 is 0 Å². The normalized spacial score (nSPS) is 13.2. The fraction of sp³-hybridized carbons (Fsp3) is 0.136. The fourth-order valence-corrected chi connectivity index (χ4v) is 3.69. The molecule has 0 fully saturated rings. The maximum absolute atomic E-state index is 12.4. The molecule has 0 N–H and O–H groups in total. The lowest BCUT2D eigenvalue weighted by molar-refractivity contribution is 0.0600. The first-order valence-electron chi connectivity index (χ1n) is 8.09.